The predicted octanol–water partition coefficient (Wildman–Crippen LogP) is 2.08. The van der Waals surface area contributed by atoms with E-state index in [1.807, 2.05) is 24.3 Å². The van der Waals surface area contributed by atoms with Gasteiger partial charge in [-0.1, -0.05) is 34.1 Å². The second kappa shape index (κ2) is 7.10. The van der Waals surface area contributed by atoms with Crippen LogP contribution >= 0.6 is 15.9 Å². The van der Waals surface area contributed by atoms with Gasteiger partial charge in [0.25, 0.3) is 0 Å². The van der Waals surface area contributed by atoms with Gasteiger partial charge in [-0.15, -0.1) is 0 Å². The largest absolute Gasteiger partial charge is 0.341 e. The van der Waals surface area contributed by atoms with E-state index in [1.165, 1.54) is 10.6 Å². The molecule has 0 aliphatic carbocycles. The predicted molar refractivity (Wildman–Crippen MR) is 89.8 cm³/mol. The first-order valence-corrected chi connectivity index (χ1v) is 9.86. The molecular formula is C15H21BrN2O3S. The molecule has 1 aliphatic heterocycles. The van der Waals surface area contributed by atoms with Crippen molar-refractivity contribution in [3.63, 3.8) is 0 Å². The van der Waals surface area contributed by atoms with Crippen molar-refractivity contribution >= 4 is 31.9 Å². The zero-order valence-corrected chi connectivity index (χ0v) is 15.2. The Labute approximate surface area is 140 Å². The fourth-order valence-corrected chi connectivity index (χ4v) is 3.99. The monoisotopic (exact) mass is 388 g/mol. The van der Waals surface area contributed by atoms with Gasteiger partial charge in [-0.05, 0) is 24.5 Å². The Morgan fingerprint density at radius 1 is 1.32 bits per heavy atom. The maximum absolute atomic E-state index is 12.5. The average molecular weight is 389 g/mol. The number of amides is 1. The molecule has 1 aromatic carbocycles. The van der Waals surface area contributed by atoms with Crippen LogP contribution in [-0.2, 0) is 21.4 Å². The molecule has 0 radical (unpaired) electrons. The highest BCUT2D eigenvalue weighted by atomic mass is 79.9. The van der Waals surface area contributed by atoms with Crippen LogP contribution in [0.2, 0.25) is 0 Å². The smallest absolute Gasteiger partial charge is 0.225 e. The third-order valence-electron chi connectivity index (χ3n) is 4.01. The molecule has 122 valence electrons. The highest BCUT2D eigenvalue weighted by Crippen LogP contribution is 2.23. The molecule has 1 aliphatic rings. The van der Waals surface area contributed by atoms with Crippen molar-refractivity contribution in [2.45, 2.75) is 19.4 Å². The van der Waals surface area contributed by atoms with Crippen molar-refractivity contribution in [1.29, 1.82) is 0 Å². The summed E-state index contributed by atoms with van der Waals surface area (Å²) < 4.78 is 25.4. The number of rotatable bonds is 4. The van der Waals surface area contributed by atoms with Gasteiger partial charge in [-0.25, -0.2) is 12.7 Å². The number of nitrogens with zero attached hydrogens (tertiary/aromatic N) is 2. The van der Waals surface area contributed by atoms with E-state index in [4.69, 9.17) is 0 Å². The maximum atomic E-state index is 12.5. The van der Waals surface area contributed by atoms with Crippen LogP contribution in [0.3, 0.4) is 0 Å². The molecule has 0 spiro atoms. The Hall–Kier alpha value is -0.920. The molecule has 1 amide bonds. The summed E-state index contributed by atoms with van der Waals surface area (Å²) in [7, 11) is -1.35. The van der Waals surface area contributed by atoms with Gasteiger partial charge in [0.15, 0.2) is 0 Å². The Morgan fingerprint density at radius 3 is 2.45 bits per heavy atom. The molecule has 5 nitrogen and oxygen atoms in total. The van der Waals surface area contributed by atoms with E-state index in [-0.39, 0.29) is 11.8 Å². The van der Waals surface area contributed by atoms with Gasteiger partial charge in [0.1, 0.15) is 0 Å². The zero-order valence-electron chi connectivity index (χ0n) is 12.8. The van der Waals surface area contributed by atoms with Crippen LogP contribution in [0.1, 0.15) is 18.4 Å². The van der Waals surface area contributed by atoms with Gasteiger partial charge in [0.05, 0.1) is 6.26 Å². The van der Waals surface area contributed by atoms with Crippen LogP contribution in [0, 0.1) is 5.92 Å². The average Bonchev–Trinajstić information content (AvgIpc) is 2.48. The molecular weight excluding hydrogens is 368 g/mol. The van der Waals surface area contributed by atoms with E-state index in [0.717, 1.165) is 10.0 Å². The number of hydrogen-bond acceptors (Lipinski definition) is 3. The first kappa shape index (κ1) is 17.4. The van der Waals surface area contributed by atoms with Crippen molar-refractivity contribution in [2.75, 3.05) is 26.4 Å². The molecule has 1 fully saturated rings. The highest BCUT2D eigenvalue weighted by Gasteiger charge is 2.30. The van der Waals surface area contributed by atoms with Gasteiger partial charge in [0.2, 0.25) is 15.9 Å². The number of carbonyl (C=O) groups is 1. The van der Waals surface area contributed by atoms with Crippen molar-refractivity contribution in [1.82, 2.24) is 9.21 Å². The quantitative estimate of drug-likeness (QED) is 0.793. The highest BCUT2D eigenvalue weighted by molar-refractivity contribution is 9.10. The molecule has 7 heteroatoms. The molecule has 0 atom stereocenters. The summed E-state index contributed by atoms with van der Waals surface area (Å²) in [6, 6.07) is 7.83. The molecule has 2 rings (SSSR count). The SMILES string of the molecule is CN(Cc1ccccc1Br)C(=O)C1CCN(S(C)(=O)=O)CC1. The van der Waals surface area contributed by atoms with Crippen LogP contribution in [0.4, 0.5) is 0 Å². The first-order valence-electron chi connectivity index (χ1n) is 7.22. The molecule has 0 N–H and O–H groups in total. The van der Waals surface area contributed by atoms with Crippen molar-refractivity contribution in [2.24, 2.45) is 5.92 Å². The normalized spacial score (nSPS) is 17.4. The lowest BCUT2D eigenvalue weighted by Gasteiger charge is -2.31. The van der Waals surface area contributed by atoms with Crippen LogP contribution < -0.4 is 0 Å². The minimum absolute atomic E-state index is 0.0869. The van der Waals surface area contributed by atoms with E-state index in [2.05, 4.69) is 15.9 Å². The van der Waals surface area contributed by atoms with Crippen LogP contribution in [0.15, 0.2) is 28.7 Å². The number of carbonyl (C=O) groups excluding carboxylic acids is 1. The van der Waals surface area contributed by atoms with Crippen molar-refractivity contribution in [3.8, 4) is 0 Å². The Morgan fingerprint density at radius 2 is 1.91 bits per heavy atom. The summed E-state index contributed by atoms with van der Waals surface area (Å²) in [6.07, 6.45) is 2.40. The number of hydrogen-bond donors (Lipinski definition) is 0. The zero-order chi connectivity index (χ0) is 16.3. The Kier molecular flexibility index (Phi) is 5.63. The van der Waals surface area contributed by atoms with Crippen LogP contribution in [0.5, 0.6) is 0 Å². The Balaban J connectivity index is 1.94. The number of sulfonamides is 1. The lowest BCUT2D eigenvalue weighted by Crippen LogP contribution is -2.42. The molecule has 0 aromatic heterocycles. The topological polar surface area (TPSA) is 57.7 Å². The van der Waals surface area contributed by atoms with Crippen LogP contribution in [0.25, 0.3) is 0 Å². The minimum Gasteiger partial charge on any atom is -0.341 e. The first-order chi connectivity index (χ1) is 10.3. The molecule has 0 saturated carbocycles. The van der Waals surface area contributed by atoms with E-state index in [1.54, 1.807) is 11.9 Å². The molecule has 1 saturated heterocycles. The summed E-state index contributed by atoms with van der Waals surface area (Å²) in [4.78, 5) is 14.2. The van der Waals surface area contributed by atoms with Gasteiger partial charge >= 0.3 is 0 Å². The van der Waals surface area contributed by atoms with Gasteiger partial charge in [0, 0.05) is 37.1 Å². The lowest BCUT2D eigenvalue weighted by atomic mass is 9.96. The van der Waals surface area contributed by atoms with Gasteiger partial charge in [-0.2, -0.15) is 0 Å². The summed E-state index contributed by atoms with van der Waals surface area (Å²) in [5.74, 6) is -0.00519. The molecule has 22 heavy (non-hydrogen) atoms. The van der Waals surface area contributed by atoms with E-state index < -0.39 is 10.0 Å². The molecule has 1 heterocycles. The summed E-state index contributed by atoms with van der Waals surface area (Å²) in [5, 5.41) is 0. The standard InChI is InChI=1S/C15H21BrN2O3S/c1-17(11-13-5-3-4-6-14(13)16)15(19)12-7-9-18(10-8-12)22(2,20)21/h3-6,12H,7-11H2,1-2H3. The van der Waals surface area contributed by atoms with Crippen LogP contribution in [-0.4, -0.2) is 49.9 Å². The number of benzene rings is 1. The summed E-state index contributed by atoms with van der Waals surface area (Å²) in [6.45, 7) is 1.41. The van der Waals surface area contributed by atoms with Gasteiger partial charge < -0.3 is 4.90 Å². The van der Waals surface area contributed by atoms with E-state index in [9.17, 15) is 13.2 Å². The number of halogens is 1. The maximum Gasteiger partial charge on any atom is 0.225 e. The second-order valence-corrected chi connectivity index (χ2v) is 8.56. The second-order valence-electron chi connectivity index (χ2n) is 5.72. The molecule has 0 bridgehead atoms. The fraction of sp³-hybridized carbons (Fsp3) is 0.533. The minimum atomic E-state index is -3.15. The molecule has 1 aromatic rings. The summed E-state index contributed by atoms with van der Waals surface area (Å²) >= 11 is 3.49. The van der Waals surface area contributed by atoms with Crippen molar-refractivity contribution < 1.29 is 13.2 Å². The van der Waals surface area contributed by atoms with Gasteiger partial charge in [-0.3, -0.25) is 4.79 Å². The Bertz CT molecular complexity index is 640. The lowest BCUT2D eigenvalue weighted by molar-refractivity contribution is -0.135. The van der Waals surface area contributed by atoms with Crippen molar-refractivity contribution in [3.05, 3.63) is 34.3 Å². The fourth-order valence-electron chi connectivity index (χ4n) is 2.71. The van der Waals surface area contributed by atoms with E-state index in [0.29, 0.717) is 32.5 Å². The third-order valence-corrected chi connectivity index (χ3v) is 6.09. The number of piperidine rings is 1. The third kappa shape index (κ3) is 4.30. The molecule has 0 unspecified atom stereocenters. The summed E-state index contributed by atoms with van der Waals surface area (Å²) in [5.41, 5.74) is 1.06. The van der Waals surface area contributed by atoms with E-state index >= 15 is 0 Å².